The van der Waals surface area contributed by atoms with Crippen molar-refractivity contribution in [1.29, 1.82) is 0 Å². The summed E-state index contributed by atoms with van der Waals surface area (Å²) in [5.41, 5.74) is 4.84. The molecular weight excluding hydrogens is 229 g/mol. The van der Waals surface area contributed by atoms with E-state index < -0.39 is 24.4 Å². The van der Waals surface area contributed by atoms with Gasteiger partial charge in [-0.1, -0.05) is 0 Å². The predicted octanol–water partition coefficient (Wildman–Crippen LogP) is -3.34. The molecule has 1 atom stereocenters. The van der Waals surface area contributed by atoms with Gasteiger partial charge < -0.3 is 15.9 Å². The molecule has 0 spiro atoms. The van der Waals surface area contributed by atoms with Crippen molar-refractivity contribution in [3.63, 3.8) is 0 Å². The number of hydrogen-bond acceptors (Lipinski definition) is 3. The summed E-state index contributed by atoms with van der Waals surface area (Å²) >= 11 is 0. The number of carbonyl (C=O) groups is 2. The van der Waals surface area contributed by atoms with Crippen LogP contribution in [0.2, 0.25) is 0 Å². The molecule has 0 rings (SSSR count). The number of carboxylic acids is 2. The van der Waals surface area contributed by atoms with Crippen LogP contribution in [0.3, 0.4) is 0 Å². The number of nitrogens with two attached hydrogens (primary N) is 1. The number of carboxylic acid groups (broad SMARTS) is 2. The third-order valence-corrected chi connectivity index (χ3v) is 0.712. The second-order valence-corrected chi connectivity index (χ2v) is 1.54. The quantitative estimate of drug-likeness (QED) is 0.447. The van der Waals surface area contributed by atoms with E-state index in [-0.39, 0.29) is 126 Å². The van der Waals surface area contributed by atoms with Crippen molar-refractivity contribution in [2.24, 2.45) is 5.73 Å². The molecule has 0 saturated carbocycles. The Labute approximate surface area is 171 Å². The van der Waals surface area contributed by atoms with E-state index in [0.717, 1.165) is 0 Å². The van der Waals surface area contributed by atoms with Crippen LogP contribution in [0.4, 0.5) is 0 Å². The van der Waals surface area contributed by atoms with Crippen LogP contribution in [0.15, 0.2) is 0 Å². The smallest absolute Gasteiger partial charge is 0.316 e. The van der Waals surface area contributed by atoms with Crippen LogP contribution in [0.5, 0.6) is 0 Å². The first kappa shape index (κ1) is 24.3. The summed E-state index contributed by atoms with van der Waals surface area (Å²) in [6.07, 6.45) is -0.532. The molecule has 0 aliphatic heterocycles. The molecule has 0 saturated heterocycles. The van der Waals surface area contributed by atoms with Gasteiger partial charge in [-0.15, -0.1) is 0 Å². The standard InChI is InChI=1S/C4H7NO4.2K.Mg.4H/c5-2(4(8)9)1-3(6)7;;;;;;;/h2H,1,5H2,(H,6,7)(H,8,9);;;;;;;. The second kappa shape index (κ2) is 13.9. The topological polar surface area (TPSA) is 101 Å². The van der Waals surface area contributed by atoms with Gasteiger partial charge in [-0.2, -0.15) is 0 Å². The van der Waals surface area contributed by atoms with Gasteiger partial charge in [0.25, 0.3) is 0 Å². The van der Waals surface area contributed by atoms with Gasteiger partial charge in [0.1, 0.15) is 6.04 Å². The zero-order valence-electron chi connectivity index (χ0n) is 4.57. The summed E-state index contributed by atoms with van der Waals surface area (Å²) in [5.74, 6) is -2.50. The molecule has 0 aromatic rings. The molecule has 1 unspecified atom stereocenters. The SMILES string of the molecule is NC(CC(=O)O)C(=O)O.[KH].[KH].[MgH2]. The average molecular weight is 240 g/mol. The first-order valence-corrected chi connectivity index (χ1v) is 2.24. The summed E-state index contributed by atoms with van der Waals surface area (Å²) in [5, 5.41) is 16.0. The van der Waals surface area contributed by atoms with Crippen LogP contribution in [0.1, 0.15) is 6.42 Å². The Bertz CT molecular complexity index is 145. The first-order valence-electron chi connectivity index (χ1n) is 2.24. The maximum atomic E-state index is 9.85. The Kier molecular flexibility index (Phi) is 28.2. The molecule has 0 bridgehead atoms. The van der Waals surface area contributed by atoms with E-state index in [1.54, 1.807) is 0 Å². The Hall–Kier alpha value is 2.94. The van der Waals surface area contributed by atoms with Gasteiger partial charge in [-0.05, 0) is 0 Å². The van der Waals surface area contributed by atoms with E-state index in [2.05, 4.69) is 0 Å². The molecular formula is C4H11K2MgNO4. The molecule has 8 heteroatoms. The zero-order chi connectivity index (χ0) is 7.44. The van der Waals surface area contributed by atoms with Gasteiger partial charge in [-0.25, -0.2) is 0 Å². The van der Waals surface area contributed by atoms with Gasteiger partial charge >= 0.3 is 138 Å². The molecule has 12 heavy (non-hydrogen) atoms. The molecule has 0 aromatic carbocycles. The van der Waals surface area contributed by atoms with Crippen molar-refractivity contribution in [3.8, 4) is 0 Å². The Morgan fingerprint density at radius 3 is 1.67 bits per heavy atom. The Balaban J connectivity index is -0.000000107. The normalized spacial score (nSPS) is 9.42. The van der Waals surface area contributed by atoms with Crippen LogP contribution in [-0.4, -0.2) is 154 Å². The van der Waals surface area contributed by atoms with Gasteiger partial charge in [-0.3, -0.25) is 9.59 Å². The zero-order valence-corrected chi connectivity index (χ0v) is 4.57. The minimum Gasteiger partial charge on any atom is 0.316 e. The van der Waals surface area contributed by atoms with Crippen molar-refractivity contribution >= 4 is 138 Å². The van der Waals surface area contributed by atoms with Crippen molar-refractivity contribution in [2.45, 2.75) is 12.5 Å². The van der Waals surface area contributed by atoms with E-state index >= 15 is 0 Å². The summed E-state index contributed by atoms with van der Waals surface area (Å²) in [7, 11) is 0. The van der Waals surface area contributed by atoms with E-state index in [9.17, 15) is 9.59 Å². The number of hydrogen-bond donors (Lipinski definition) is 3. The molecule has 0 heterocycles. The number of rotatable bonds is 3. The molecule has 0 aliphatic rings. The van der Waals surface area contributed by atoms with Crippen LogP contribution < -0.4 is 5.73 Å². The third kappa shape index (κ3) is 15.4. The van der Waals surface area contributed by atoms with E-state index in [1.165, 1.54) is 0 Å². The summed E-state index contributed by atoms with van der Waals surface area (Å²) in [6.45, 7) is 0. The monoisotopic (exact) mass is 239 g/mol. The summed E-state index contributed by atoms with van der Waals surface area (Å²) in [6, 6.07) is -1.29. The molecule has 4 N–H and O–H groups in total. The Morgan fingerprint density at radius 2 is 1.58 bits per heavy atom. The van der Waals surface area contributed by atoms with Gasteiger partial charge in [0.2, 0.25) is 0 Å². The summed E-state index contributed by atoms with van der Waals surface area (Å²) < 4.78 is 0. The van der Waals surface area contributed by atoms with Gasteiger partial charge in [0.15, 0.2) is 0 Å². The van der Waals surface area contributed by atoms with Gasteiger partial charge in [0.05, 0.1) is 6.42 Å². The molecule has 60 valence electrons. The molecule has 5 nitrogen and oxygen atoms in total. The van der Waals surface area contributed by atoms with Crippen LogP contribution in [0.25, 0.3) is 0 Å². The minimum absolute atomic E-state index is 0. The second-order valence-electron chi connectivity index (χ2n) is 1.54. The van der Waals surface area contributed by atoms with Crippen molar-refractivity contribution in [2.75, 3.05) is 0 Å². The fraction of sp³-hybridized carbons (Fsp3) is 0.500. The first-order chi connectivity index (χ1) is 4.04. The van der Waals surface area contributed by atoms with Crippen LogP contribution >= 0.6 is 0 Å². The minimum atomic E-state index is -1.29. The average Bonchev–Trinajstić information content (AvgIpc) is 1.63. The molecule has 0 amide bonds. The molecule has 0 aromatic heterocycles. The van der Waals surface area contributed by atoms with Crippen molar-refractivity contribution in [3.05, 3.63) is 0 Å². The Morgan fingerprint density at radius 1 is 1.25 bits per heavy atom. The largest absolute Gasteiger partial charge is 0.316 e. The fourth-order valence-electron chi connectivity index (χ4n) is 0.275. The van der Waals surface area contributed by atoms with Gasteiger partial charge in [0, 0.05) is 0 Å². The molecule has 0 fully saturated rings. The van der Waals surface area contributed by atoms with Crippen LogP contribution in [-0.2, 0) is 9.59 Å². The van der Waals surface area contributed by atoms with Crippen molar-refractivity contribution in [1.82, 2.24) is 0 Å². The molecule has 0 aliphatic carbocycles. The van der Waals surface area contributed by atoms with Crippen LogP contribution in [0, 0.1) is 0 Å². The third-order valence-electron chi connectivity index (χ3n) is 0.712. The summed E-state index contributed by atoms with van der Waals surface area (Å²) in [4.78, 5) is 19.6. The fourth-order valence-corrected chi connectivity index (χ4v) is 0.275. The maximum Gasteiger partial charge on any atom is 0.316 e. The van der Waals surface area contributed by atoms with E-state index in [0.29, 0.717) is 0 Å². The predicted molar refractivity (Wildman–Crippen MR) is 50.7 cm³/mol. The number of aliphatic carboxylic acids is 2. The van der Waals surface area contributed by atoms with E-state index in [4.69, 9.17) is 15.9 Å². The molecule has 0 radical (unpaired) electrons. The van der Waals surface area contributed by atoms with Crippen molar-refractivity contribution < 1.29 is 19.8 Å². The maximum absolute atomic E-state index is 9.85. The van der Waals surface area contributed by atoms with E-state index in [1.807, 2.05) is 0 Å².